The third-order valence-corrected chi connectivity index (χ3v) is 3.13. The van der Waals surface area contributed by atoms with Crippen molar-refractivity contribution in [2.24, 2.45) is 0 Å². The smallest absolute Gasteiger partial charge is 0.225 e. The molecule has 0 saturated heterocycles. The van der Waals surface area contributed by atoms with Crippen molar-refractivity contribution in [3.05, 3.63) is 23.2 Å². The molecule has 0 unspecified atom stereocenters. The number of amides is 1. The normalized spacial score (nSPS) is 14.3. The van der Waals surface area contributed by atoms with Crippen molar-refractivity contribution in [2.75, 3.05) is 19.0 Å². The van der Waals surface area contributed by atoms with Gasteiger partial charge in [0.25, 0.3) is 0 Å². The molecule has 2 N–H and O–H groups in total. The van der Waals surface area contributed by atoms with Crippen LogP contribution in [0.5, 0.6) is 5.75 Å². The molecule has 0 heterocycles. The summed E-state index contributed by atoms with van der Waals surface area (Å²) in [4.78, 5) is 11.7. The van der Waals surface area contributed by atoms with E-state index in [1.807, 2.05) is 0 Å². The van der Waals surface area contributed by atoms with Crippen LogP contribution in [0.4, 0.5) is 5.69 Å². The van der Waals surface area contributed by atoms with Crippen LogP contribution in [-0.4, -0.2) is 25.6 Å². The summed E-state index contributed by atoms with van der Waals surface area (Å²) in [7, 11) is 1.58. The van der Waals surface area contributed by atoms with Crippen LogP contribution in [0.15, 0.2) is 18.2 Å². The molecule has 1 saturated carbocycles. The number of hydrogen-bond acceptors (Lipinski definition) is 3. The lowest BCUT2D eigenvalue weighted by Crippen LogP contribution is -2.23. The zero-order valence-corrected chi connectivity index (χ0v) is 11.1. The number of carbonyl (C=O) groups excluding carboxylic acids is 1. The van der Waals surface area contributed by atoms with E-state index in [4.69, 9.17) is 16.3 Å². The third kappa shape index (κ3) is 3.89. The van der Waals surface area contributed by atoms with Crippen LogP contribution in [0.1, 0.15) is 19.3 Å². The number of rotatable bonds is 6. The van der Waals surface area contributed by atoms with Crippen molar-refractivity contribution in [2.45, 2.75) is 25.3 Å². The Morgan fingerprint density at radius 1 is 1.50 bits per heavy atom. The van der Waals surface area contributed by atoms with E-state index in [1.165, 1.54) is 12.8 Å². The first-order valence-corrected chi connectivity index (χ1v) is 6.43. The molecule has 98 valence electrons. The van der Waals surface area contributed by atoms with Gasteiger partial charge in [-0.1, -0.05) is 11.6 Å². The lowest BCUT2D eigenvalue weighted by Gasteiger charge is -2.09. The second-order valence-electron chi connectivity index (χ2n) is 4.37. The average Bonchev–Trinajstić information content (AvgIpc) is 3.16. The summed E-state index contributed by atoms with van der Waals surface area (Å²) in [5, 5.41) is 6.57. The zero-order chi connectivity index (χ0) is 13.0. The van der Waals surface area contributed by atoms with Crippen molar-refractivity contribution in [3.63, 3.8) is 0 Å². The summed E-state index contributed by atoms with van der Waals surface area (Å²) in [5.74, 6) is 0.642. The van der Waals surface area contributed by atoms with Gasteiger partial charge in [-0.25, -0.2) is 0 Å². The highest BCUT2D eigenvalue weighted by atomic mass is 35.5. The minimum atomic E-state index is -0.0322. The lowest BCUT2D eigenvalue weighted by atomic mass is 10.3. The molecule has 0 bridgehead atoms. The van der Waals surface area contributed by atoms with Crippen LogP contribution in [0.25, 0.3) is 0 Å². The molecule has 1 aliphatic carbocycles. The summed E-state index contributed by atoms with van der Waals surface area (Å²) in [6.07, 6.45) is 2.91. The van der Waals surface area contributed by atoms with Crippen molar-refractivity contribution >= 4 is 23.2 Å². The number of halogens is 1. The summed E-state index contributed by atoms with van der Waals surface area (Å²) in [6, 6.07) is 5.82. The van der Waals surface area contributed by atoms with E-state index in [-0.39, 0.29) is 5.91 Å². The molecule has 4 nitrogen and oxygen atoms in total. The maximum absolute atomic E-state index is 11.7. The molecule has 0 aliphatic heterocycles. The number of benzene rings is 1. The first kappa shape index (κ1) is 13.2. The monoisotopic (exact) mass is 268 g/mol. The Kier molecular flexibility index (Phi) is 4.44. The number of anilines is 1. The Morgan fingerprint density at radius 3 is 2.89 bits per heavy atom. The Morgan fingerprint density at radius 2 is 2.28 bits per heavy atom. The van der Waals surface area contributed by atoms with Crippen LogP contribution in [0.3, 0.4) is 0 Å². The highest BCUT2D eigenvalue weighted by Gasteiger charge is 2.20. The molecular formula is C13H17ClN2O2. The summed E-state index contributed by atoms with van der Waals surface area (Å²) < 4.78 is 5.05. The molecule has 0 radical (unpaired) electrons. The van der Waals surface area contributed by atoms with Gasteiger partial charge in [-0.15, -0.1) is 0 Å². The predicted molar refractivity (Wildman–Crippen MR) is 72.3 cm³/mol. The first-order chi connectivity index (χ1) is 8.69. The van der Waals surface area contributed by atoms with Gasteiger partial charge < -0.3 is 15.4 Å². The molecular weight excluding hydrogens is 252 g/mol. The van der Waals surface area contributed by atoms with Crippen LogP contribution in [0.2, 0.25) is 5.02 Å². The van der Waals surface area contributed by atoms with Gasteiger partial charge in [0.15, 0.2) is 0 Å². The highest BCUT2D eigenvalue weighted by molar-refractivity contribution is 6.33. The van der Waals surface area contributed by atoms with E-state index < -0.39 is 0 Å². The molecule has 2 rings (SSSR count). The Balaban J connectivity index is 1.81. The molecule has 0 aromatic heterocycles. The topological polar surface area (TPSA) is 50.4 Å². The molecule has 1 amide bonds. The van der Waals surface area contributed by atoms with E-state index in [1.54, 1.807) is 25.3 Å². The van der Waals surface area contributed by atoms with Crippen LogP contribution >= 0.6 is 11.6 Å². The average molecular weight is 269 g/mol. The Hall–Kier alpha value is -1.26. The van der Waals surface area contributed by atoms with E-state index in [9.17, 15) is 4.79 Å². The van der Waals surface area contributed by atoms with E-state index in [2.05, 4.69) is 10.6 Å². The number of nitrogens with one attached hydrogen (secondary N) is 2. The second kappa shape index (κ2) is 6.07. The van der Waals surface area contributed by atoms with Gasteiger partial charge in [0, 0.05) is 25.1 Å². The van der Waals surface area contributed by atoms with Gasteiger partial charge in [0.2, 0.25) is 5.91 Å². The number of methoxy groups -OCH3 is 1. The van der Waals surface area contributed by atoms with Crippen molar-refractivity contribution in [1.29, 1.82) is 0 Å². The number of ether oxygens (including phenoxy) is 1. The second-order valence-corrected chi connectivity index (χ2v) is 4.78. The number of hydrogen-bond donors (Lipinski definition) is 2. The quantitative estimate of drug-likeness (QED) is 0.833. The van der Waals surface area contributed by atoms with Crippen LogP contribution in [0, 0.1) is 0 Å². The van der Waals surface area contributed by atoms with Crippen molar-refractivity contribution < 1.29 is 9.53 Å². The highest BCUT2D eigenvalue weighted by Crippen LogP contribution is 2.26. The Labute approximate surface area is 112 Å². The molecule has 1 aromatic rings. The minimum Gasteiger partial charge on any atom is -0.497 e. The predicted octanol–water partition coefficient (Wildman–Crippen LogP) is 2.43. The largest absolute Gasteiger partial charge is 0.497 e. The fraction of sp³-hybridized carbons (Fsp3) is 0.462. The molecule has 5 heteroatoms. The van der Waals surface area contributed by atoms with Gasteiger partial charge in [-0.3, -0.25) is 4.79 Å². The first-order valence-electron chi connectivity index (χ1n) is 6.06. The standard InChI is InChI=1S/C13H17ClN2O2/c1-18-10-4-5-12(11(14)8-10)16-13(17)6-7-15-9-2-3-9/h4-5,8-9,15H,2-3,6-7H2,1H3,(H,16,17). The summed E-state index contributed by atoms with van der Waals surface area (Å²) in [5.41, 5.74) is 0.619. The van der Waals surface area contributed by atoms with Crippen molar-refractivity contribution in [1.82, 2.24) is 5.32 Å². The number of carbonyl (C=O) groups is 1. The fourth-order valence-electron chi connectivity index (χ4n) is 1.61. The summed E-state index contributed by atoms with van der Waals surface area (Å²) >= 11 is 6.04. The molecule has 0 spiro atoms. The van der Waals surface area contributed by atoms with Gasteiger partial charge >= 0.3 is 0 Å². The zero-order valence-electron chi connectivity index (χ0n) is 10.3. The molecule has 0 atom stereocenters. The summed E-state index contributed by atoms with van der Waals surface area (Å²) in [6.45, 7) is 0.713. The van der Waals surface area contributed by atoms with Gasteiger partial charge in [0.1, 0.15) is 5.75 Å². The maximum Gasteiger partial charge on any atom is 0.225 e. The van der Waals surface area contributed by atoms with E-state index >= 15 is 0 Å². The lowest BCUT2D eigenvalue weighted by molar-refractivity contribution is -0.116. The van der Waals surface area contributed by atoms with Crippen molar-refractivity contribution in [3.8, 4) is 5.75 Å². The van der Waals surface area contributed by atoms with Crippen LogP contribution in [-0.2, 0) is 4.79 Å². The Bertz CT molecular complexity index is 433. The minimum absolute atomic E-state index is 0.0322. The van der Waals surface area contributed by atoms with E-state index in [0.29, 0.717) is 35.5 Å². The van der Waals surface area contributed by atoms with Crippen LogP contribution < -0.4 is 15.4 Å². The molecule has 18 heavy (non-hydrogen) atoms. The third-order valence-electron chi connectivity index (χ3n) is 2.81. The van der Waals surface area contributed by atoms with Gasteiger partial charge in [-0.05, 0) is 25.0 Å². The molecule has 1 fully saturated rings. The SMILES string of the molecule is COc1ccc(NC(=O)CCNC2CC2)c(Cl)c1. The van der Waals surface area contributed by atoms with Gasteiger partial charge in [-0.2, -0.15) is 0 Å². The van der Waals surface area contributed by atoms with E-state index in [0.717, 1.165) is 0 Å². The molecule has 1 aliphatic rings. The fourth-order valence-corrected chi connectivity index (χ4v) is 1.83. The van der Waals surface area contributed by atoms with Gasteiger partial charge in [0.05, 0.1) is 17.8 Å². The maximum atomic E-state index is 11.7. The molecule has 1 aromatic carbocycles.